The first-order valence-corrected chi connectivity index (χ1v) is 15.4. The maximum absolute atomic E-state index is 13.8. The maximum atomic E-state index is 13.8. The molecule has 192 valence electrons. The number of hydrogen-bond donors (Lipinski definition) is 2. The number of rotatable bonds is 8. The third-order valence-corrected chi connectivity index (χ3v) is 11.9. The zero-order valence-electron chi connectivity index (χ0n) is 21.7. The molecule has 39 heavy (non-hydrogen) atoms. The lowest BCUT2D eigenvalue weighted by molar-refractivity contribution is 0.0968. The van der Waals surface area contributed by atoms with Crippen LogP contribution in [-0.2, 0) is 0 Å². The van der Waals surface area contributed by atoms with E-state index in [1.807, 2.05) is 73.7 Å². The molecule has 0 fully saturated rings. The Bertz CT molecular complexity index is 1470. The molecule has 0 spiro atoms. The van der Waals surface area contributed by atoms with E-state index in [0.717, 1.165) is 31.8 Å². The van der Waals surface area contributed by atoms with Crippen LogP contribution in [0.15, 0.2) is 155 Å². The lowest BCUT2D eigenvalue weighted by Crippen LogP contribution is -2.38. The fourth-order valence-electron chi connectivity index (χ4n) is 4.61. The molecule has 0 radical (unpaired) electrons. The van der Waals surface area contributed by atoms with Gasteiger partial charge in [-0.25, -0.2) is 0 Å². The van der Waals surface area contributed by atoms with Crippen molar-refractivity contribution in [3.8, 4) is 0 Å². The number of nitrogen functional groups attached to an aromatic ring is 1. The Kier molecular flexibility index (Phi) is 8.27. The maximum Gasteiger partial charge on any atom is 0.258 e. The molecule has 0 saturated heterocycles. The molecule has 3 N–H and O–H groups in total. The smallest absolute Gasteiger partial charge is 0.258 e. The van der Waals surface area contributed by atoms with Crippen LogP contribution in [0.1, 0.15) is 15.9 Å². The van der Waals surface area contributed by atoms with Crippen molar-refractivity contribution >= 4 is 46.5 Å². The summed E-state index contributed by atoms with van der Waals surface area (Å²) in [5.74, 6) is -0.143. The van der Waals surface area contributed by atoms with Crippen molar-refractivity contribution in [3.63, 3.8) is 0 Å². The van der Waals surface area contributed by atoms with E-state index in [1.54, 1.807) is 0 Å². The second kappa shape index (κ2) is 12.2. The lowest BCUT2D eigenvalue weighted by atomic mass is 10.1. The Hall–Kier alpha value is -4.11. The highest BCUT2D eigenvalue weighted by atomic mass is 32.2. The fourth-order valence-corrected chi connectivity index (χ4v) is 9.92. The van der Waals surface area contributed by atoms with Gasteiger partial charge in [0.2, 0.25) is 0 Å². The minimum Gasteiger partial charge on any atom is -0.398 e. The van der Waals surface area contributed by atoms with Crippen LogP contribution in [-0.4, -0.2) is 5.91 Å². The molecule has 0 bridgehead atoms. The monoisotopic (exact) mass is 545 g/mol. The second-order valence-electron chi connectivity index (χ2n) is 9.16. The van der Waals surface area contributed by atoms with E-state index in [1.165, 1.54) is 11.8 Å². The third-order valence-electron chi connectivity index (χ3n) is 6.56. The molecule has 0 aliphatic heterocycles. The van der Waals surface area contributed by atoms with Crippen molar-refractivity contribution in [1.82, 2.24) is 5.32 Å². The van der Waals surface area contributed by atoms with E-state index in [4.69, 9.17) is 5.73 Å². The van der Waals surface area contributed by atoms with E-state index in [0.29, 0.717) is 11.3 Å². The Balaban J connectivity index is 1.77. The molecule has 3 nitrogen and oxygen atoms in total. The highest BCUT2D eigenvalue weighted by Crippen LogP contribution is 2.62. The normalized spacial score (nSPS) is 11.7. The third kappa shape index (κ3) is 5.68. The summed E-state index contributed by atoms with van der Waals surface area (Å²) in [5.41, 5.74) is 9.60. The first-order valence-electron chi connectivity index (χ1n) is 12.7. The number of nitrogens with one attached hydrogen (secondary N) is 1. The molecular weight excluding hydrogens is 515 g/mol. The molecule has 5 heteroatoms. The van der Waals surface area contributed by atoms with Crippen molar-refractivity contribution in [1.29, 1.82) is 0 Å². The summed E-state index contributed by atoms with van der Waals surface area (Å²) in [5, 5.41) is 8.93. The zero-order chi connectivity index (χ0) is 27.1. The zero-order valence-corrected chi connectivity index (χ0v) is 23.4. The van der Waals surface area contributed by atoms with Gasteiger partial charge in [0, 0.05) is 21.6 Å². The molecule has 0 saturated carbocycles. The van der Waals surface area contributed by atoms with Gasteiger partial charge in [-0.2, -0.15) is 0 Å². The molecule has 5 aromatic rings. The minimum absolute atomic E-state index is 0.143. The Morgan fingerprint density at radius 2 is 1.13 bits per heavy atom. The van der Waals surface area contributed by atoms with E-state index < -0.39 is 7.26 Å². The van der Waals surface area contributed by atoms with Gasteiger partial charge in [-0.3, -0.25) is 10.1 Å². The van der Waals surface area contributed by atoms with Gasteiger partial charge in [-0.1, -0.05) is 96.2 Å². The van der Waals surface area contributed by atoms with Crippen molar-refractivity contribution in [2.45, 2.75) is 11.8 Å². The summed E-state index contributed by atoms with van der Waals surface area (Å²) in [6, 6.07) is 47.0. The average Bonchev–Trinajstić information content (AvgIpc) is 2.99. The predicted molar refractivity (Wildman–Crippen MR) is 169 cm³/mol. The van der Waals surface area contributed by atoms with E-state index in [9.17, 15) is 4.79 Å². The largest absolute Gasteiger partial charge is 0.398 e. The van der Waals surface area contributed by atoms with Crippen molar-refractivity contribution in [2.75, 3.05) is 5.73 Å². The number of hydrogen-bond acceptors (Lipinski definition) is 3. The number of nitrogens with two attached hydrogens (primary N) is 1. The molecule has 5 rings (SSSR count). The van der Waals surface area contributed by atoms with Crippen LogP contribution in [0.25, 0.3) is 0 Å². The molecule has 0 unspecified atom stereocenters. The van der Waals surface area contributed by atoms with Gasteiger partial charge >= 0.3 is 0 Å². The van der Waals surface area contributed by atoms with Crippen LogP contribution in [0.3, 0.4) is 0 Å². The van der Waals surface area contributed by atoms with E-state index in [-0.39, 0.29) is 5.91 Å². The van der Waals surface area contributed by atoms with Crippen LogP contribution < -0.4 is 27.0 Å². The summed E-state index contributed by atoms with van der Waals surface area (Å²) >= 11 is 1.53. The fraction of sp³-hybridized carbons (Fsp3) is 0.0294. The van der Waals surface area contributed by atoms with Crippen molar-refractivity contribution < 1.29 is 4.79 Å². The summed E-state index contributed by atoms with van der Waals surface area (Å²) in [6.45, 7) is 2.02. The Morgan fingerprint density at radius 3 is 1.62 bits per heavy atom. The quantitative estimate of drug-likeness (QED) is 0.127. The number of carbonyl (C=O) groups is 1. The topological polar surface area (TPSA) is 55.1 Å². The summed E-state index contributed by atoms with van der Waals surface area (Å²) < 4.78 is 0. The number of aryl methyl sites for hydroxylation is 1. The molecule has 0 aromatic heterocycles. The van der Waals surface area contributed by atoms with Crippen LogP contribution >= 0.6 is 19.0 Å². The molecule has 5 aromatic carbocycles. The SMILES string of the molecule is Cc1ccc(C(=O)N/C(=C\Sc2ccccc2N)[P+](c2ccccc2)(c2ccccc2)c2ccccc2)cc1. The first kappa shape index (κ1) is 26.5. The predicted octanol–water partition coefficient (Wildman–Crippen LogP) is 6.89. The van der Waals surface area contributed by atoms with Gasteiger partial charge in [-0.15, -0.1) is 0 Å². The highest BCUT2D eigenvalue weighted by molar-refractivity contribution is 8.04. The first-order chi connectivity index (χ1) is 19.1. The van der Waals surface area contributed by atoms with E-state index >= 15 is 0 Å². The summed E-state index contributed by atoms with van der Waals surface area (Å²) in [4.78, 5) is 14.8. The number of carbonyl (C=O) groups excluding carboxylic acids is 1. The highest BCUT2D eigenvalue weighted by Gasteiger charge is 2.50. The molecule has 0 aliphatic rings. The van der Waals surface area contributed by atoms with Gasteiger partial charge in [0.25, 0.3) is 5.91 Å². The minimum atomic E-state index is -2.53. The molecule has 1 amide bonds. The molecular formula is C34H30N2OPS+. The number of para-hydroxylation sites is 1. The summed E-state index contributed by atoms with van der Waals surface area (Å²) in [7, 11) is -2.53. The summed E-state index contributed by atoms with van der Waals surface area (Å²) in [6.07, 6.45) is 0. The lowest BCUT2D eigenvalue weighted by Gasteiger charge is -2.29. The number of thioether (sulfide) groups is 1. The van der Waals surface area contributed by atoms with Crippen LogP contribution in [0.2, 0.25) is 0 Å². The molecule has 0 heterocycles. The van der Waals surface area contributed by atoms with Gasteiger partial charge < -0.3 is 5.73 Å². The van der Waals surface area contributed by atoms with Crippen molar-refractivity contribution in [3.05, 3.63) is 161 Å². The van der Waals surface area contributed by atoms with Gasteiger partial charge in [0.15, 0.2) is 12.7 Å². The van der Waals surface area contributed by atoms with Crippen LogP contribution in [0.5, 0.6) is 0 Å². The Labute approximate surface area is 235 Å². The molecule has 0 aliphatic carbocycles. The number of anilines is 1. The van der Waals surface area contributed by atoms with Crippen molar-refractivity contribution in [2.24, 2.45) is 0 Å². The average molecular weight is 546 g/mol. The van der Waals surface area contributed by atoms with Gasteiger partial charge in [0.05, 0.1) is 0 Å². The van der Waals surface area contributed by atoms with E-state index in [2.05, 4.69) is 83.5 Å². The number of benzene rings is 5. The van der Waals surface area contributed by atoms with Crippen LogP contribution in [0.4, 0.5) is 5.69 Å². The van der Waals surface area contributed by atoms with Gasteiger partial charge in [-0.05, 0) is 67.6 Å². The van der Waals surface area contributed by atoms with Crippen LogP contribution in [0, 0.1) is 6.92 Å². The number of amides is 1. The Morgan fingerprint density at radius 1 is 0.667 bits per heavy atom. The second-order valence-corrected chi connectivity index (χ2v) is 13.4. The van der Waals surface area contributed by atoms with Gasteiger partial charge in [0.1, 0.15) is 15.9 Å². The standard InChI is InChI=1S/C34H29N2OPS/c1-26-21-23-27(24-22-26)34(37)36-33(25-39-32-20-12-11-19-31(32)35)38(28-13-5-2-6-14-28,29-15-7-3-8-16-29)30-17-9-4-10-18-30/h2-25H,35H2,1H3/p+1/b33-25+. The molecule has 0 atom stereocenters.